The Labute approximate surface area is 191 Å². The van der Waals surface area contributed by atoms with Crippen molar-refractivity contribution in [2.75, 3.05) is 18.9 Å². The predicted molar refractivity (Wildman–Crippen MR) is 119 cm³/mol. The van der Waals surface area contributed by atoms with Crippen LogP contribution in [0.2, 0.25) is 0 Å². The number of halogens is 3. The number of carbonyl (C=O) groups is 1. The van der Waals surface area contributed by atoms with Crippen LogP contribution in [0.15, 0.2) is 17.5 Å². The minimum atomic E-state index is -4.24. The van der Waals surface area contributed by atoms with Gasteiger partial charge in [0.05, 0.1) is 5.69 Å². The number of fused-ring (bicyclic) bond motifs is 5. The second-order valence-electron chi connectivity index (χ2n) is 10.8. The van der Waals surface area contributed by atoms with Crippen molar-refractivity contribution in [3.8, 4) is 0 Å². The molecule has 32 heavy (non-hydrogen) atoms. The molecule has 1 aromatic rings. The Morgan fingerprint density at radius 2 is 1.97 bits per heavy atom. The van der Waals surface area contributed by atoms with Crippen molar-refractivity contribution in [2.45, 2.75) is 70.5 Å². The lowest BCUT2D eigenvalue weighted by Gasteiger charge is -2.60. The average molecular weight is 468 g/mol. The lowest BCUT2D eigenvalue weighted by atomic mass is 9.47. The van der Waals surface area contributed by atoms with Crippen molar-refractivity contribution in [2.24, 2.45) is 28.6 Å². The number of alkyl halides is 3. The summed E-state index contributed by atoms with van der Waals surface area (Å²) in [4.78, 5) is 18.8. The summed E-state index contributed by atoms with van der Waals surface area (Å²) < 4.78 is 37.7. The van der Waals surface area contributed by atoms with Crippen molar-refractivity contribution >= 4 is 22.4 Å². The summed E-state index contributed by atoms with van der Waals surface area (Å²) in [5, 5.41) is 4.78. The molecule has 0 unspecified atom stereocenters. The fraction of sp³-hybridized carbons (Fsp3) is 0.750. The van der Waals surface area contributed by atoms with E-state index in [0.29, 0.717) is 28.8 Å². The normalized spacial score (nSPS) is 41.2. The minimum Gasteiger partial charge on any atom is -0.352 e. The highest BCUT2D eigenvalue weighted by atomic mass is 32.1. The van der Waals surface area contributed by atoms with E-state index in [1.54, 1.807) is 6.08 Å². The number of aromatic nitrogens is 1. The Balaban J connectivity index is 1.36. The molecule has 0 saturated heterocycles. The van der Waals surface area contributed by atoms with Gasteiger partial charge in [0.25, 0.3) is 0 Å². The van der Waals surface area contributed by atoms with Crippen LogP contribution >= 0.6 is 11.3 Å². The molecular formula is C24H32F3N3OS. The second-order valence-corrected chi connectivity index (χ2v) is 11.7. The highest BCUT2D eigenvalue weighted by Crippen LogP contribution is 2.67. The molecule has 176 valence electrons. The van der Waals surface area contributed by atoms with E-state index in [1.165, 1.54) is 11.3 Å². The topological polar surface area (TPSA) is 45.2 Å². The first-order valence-electron chi connectivity index (χ1n) is 11.7. The Hall–Kier alpha value is -1.57. The highest BCUT2D eigenvalue weighted by molar-refractivity contribution is 7.13. The van der Waals surface area contributed by atoms with Crippen LogP contribution in [-0.2, 0) is 4.79 Å². The molecule has 0 spiro atoms. The van der Waals surface area contributed by atoms with E-state index in [1.807, 2.05) is 17.3 Å². The molecule has 5 rings (SSSR count). The van der Waals surface area contributed by atoms with Gasteiger partial charge < -0.3 is 10.2 Å². The van der Waals surface area contributed by atoms with Crippen LogP contribution in [0.25, 0.3) is 0 Å². The Kier molecular flexibility index (Phi) is 5.19. The van der Waals surface area contributed by atoms with Crippen molar-refractivity contribution in [1.29, 1.82) is 0 Å². The standard InChI is InChI=1S/C24H32F3N3OS/c1-22-10-8-16-14(4-7-19-23(16,2)11-9-20(31)30(19)3)15(22)5-6-17(22)18-12-32-21(29-18)28-13-24(25,26)27/h9,11-12,14-17,19H,4-8,10,13H2,1-3H3,(H,28,29)/t14-,15-,16-,17+,19+,22-,23+/m0/s1. The summed E-state index contributed by atoms with van der Waals surface area (Å²) in [5.74, 6) is 2.24. The summed E-state index contributed by atoms with van der Waals surface area (Å²) in [6.45, 7) is 3.70. The number of nitrogens with one attached hydrogen (secondary N) is 1. The molecule has 1 aliphatic heterocycles. The van der Waals surface area contributed by atoms with E-state index < -0.39 is 12.7 Å². The van der Waals surface area contributed by atoms with Crippen molar-refractivity contribution < 1.29 is 18.0 Å². The predicted octanol–water partition coefficient (Wildman–Crippen LogP) is 5.84. The van der Waals surface area contributed by atoms with Gasteiger partial charge in [0.15, 0.2) is 5.13 Å². The summed E-state index contributed by atoms with van der Waals surface area (Å²) >= 11 is 1.28. The maximum absolute atomic E-state index is 12.6. The molecule has 3 saturated carbocycles. The van der Waals surface area contributed by atoms with Crippen LogP contribution in [0, 0.1) is 28.6 Å². The number of hydrogen-bond acceptors (Lipinski definition) is 4. The zero-order chi connectivity index (χ0) is 22.9. The van der Waals surface area contributed by atoms with Crippen molar-refractivity contribution in [3.05, 3.63) is 23.2 Å². The molecule has 1 aromatic heterocycles. The fourth-order valence-electron chi connectivity index (χ4n) is 7.93. The quantitative estimate of drug-likeness (QED) is 0.607. The van der Waals surface area contributed by atoms with E-state index in [2.05, 4.69) is 30.2 Å². The number of amides is 1. The maximum atomic E-state index is 12.6. The zero-order valence-corrected chi connectivity index (χ0v) is 19.7. The van der Waals surface area contributed by atoms with Gasteiger partial charge in [-0.15, -0.1) is 11.3 Å². The summed E-state index contributed by atoms with van der Waals surface area (Å²) in [5.41, 5.74) is 1.13. The van der Waals surface area contributed by atoms with Crippen LogP contribution in [0.5, 0.6) is 0 Å². The smallest absolute Gasteiger partial charge is 0.352 e. The summed E-state index contributed by atoms with van der Waals surface area (Å²) in [6, 6.07) is 0.281. The molecule has 3 aliphatic carbocycles. The molecule has 4 aliphatic rings. The molecule has 1 N–H and O–H groups in total. The summed E-state index contributed by atoms with van der Waals surface area (Å²) in [6.07, 6.45) is 6.39. The molecule has 8 heteroatoms. The van der Waals surface area contributed by atoms with E-state index in [0.717, 1.165) is 44.2 Å². The third-order valence-electron chi connectivity index (χ3n) is 9.45. The molecule has 1 amide bonds. The number of nitrogens with zero attached hydrogens (tertiary/aromatic N) is 2. The molecular weight excluding hydrogens is 435 g/mol. The third kappa shape index (κ3) is 3.39. The van der Waals surface area contributed by atoms with Gasteiger partial charge in [-0.25, -0.2) is 4.98 Å². The van der Waals surface area contributed by atoms with Crippen LogP contribution in [-0.4, -0.2) is 41.6 Å². The lowest BCUT2D eigenvalue weighted by Crippen LogP contribution is -2.59. The minimum absolute atomic E-state index is 0.0281. The molecule has 7 atom stereocenters. The molecule has 4 nitrogen and oxygen atoms in total. The molecule has 2 heterocycles. The lowest BCUT2D eigenvalue weighted by molar-refractivity contribution is -0.138. The van der Waals surface area contributed by atoms with E-state index in [9.17, 15) is 18.0 Å². The number of rotatable bonds is 3. The number of hydrogen-bond donors (Lipinski definition) is 1. The van der Waals surface area contributed by atoms with Gasteiger partial charge in [0, 0.05) is 29.8 Å². The van der Waals surface area contributed by atoms with Gasteiger partial charge in [0.2, 0.25) is 5.91 Å². The highest BCUT2D eigenvalue weighted by Gasteiger charge is 2.60. The van der Waals surface area contributed by atoms with Crippen LogP contribution in [0.3, 0.4) is 0 Å². The van der Waals surface area contributed by atoms with Gasteiger partial charge in [0.1, 0.15) is 6.54 Å². The average Bonchev–Trinajstić information content (AvgIpc) is 3.32. The Morgan fingerprint density at radius 3 is 2.72 bits per heavy atom. The van der Waals surface area contributed by atoms with E-state index in [-0.39, 0.29) is 22.8 Å². The van der Waals surface area contributed by atoms with Gasteiger partial charge in [-0.2, -0.15) is 13.2 Å². The van der Waals surface area contributed by atoms with Crippen LogP contribution in [0.1, 0.15) is 64.0 Å². The molecule has 0 aromatic carbocycles. The maximum Gasteiger partial charge on any atom is 0.405 e. The van der Waals surface area contributed by atoms with Crippen molar-refractivity contribution in [1.82, 2.24) is 9.88 Å². The zero-order valence-electron chi connectivity index (χ0n) is 18.9. The SMILES string of the molecule is CN1C(=O)C=C[C@]2(C)[C@H]3CC[C@]4(C)[C@@H](c5csc(NCC(F)(F)F)n5)CC[C@H]4[C@@H]3CC[C@@H]12. The van der Waals surface area contributed by atoms with Gasteiger partial charge in [-0.1, -0.05) is 19.9 Å². The third-order valence-corrected chi connectivity index (χ3v) is 10.3. The second kappa shape index (κ2) is 7.47. The number of carbonyl (C=O) groups excluding carboxylic acids is 1. The monoisotopic (exact) mass is 467 g/mol. The largest absolute Gasteiger partial charge is 0.405 e. The number of likely N-dealkylation sites (N-methyl/N-ethyl adjacent to an activating group) is 1. The first kappa shape index (κ1) is 22.2. The first-order valence-corrected chi connectivity index (χ1v) is 12.6. The van der Waals surface area contributed by atoms with Gasteiger partial charge in [-0.3, -0.25) is 4.79 Å². The van der Waals surface area contributed by atoms with Gasteiger partial charge in [-0.05, 0) is 67.8 Å². The van der Waals surface area contributed by atoms with Crippen LogP contribution < -0.4 is 5.32 Å². The molecule has 3 fully saturated rings. The summed E-state index contributed by atoms with van der Waals surface area (Å²) in [7, 11) is 1.94. The molecule has 0 radical (unpaired) electrons. The van der Waals surface area contributed by atoms with Crippen molar-refractivity contribution in [3.63, 3.8) is 0 Å². The van der Waals surface area contributed by atoms with E-state index in [4.69, 9.17) is 0 Å². The van der Waals surface area contributed by atoms with Crippen LogP contribution in [0.4, 0.5) is 18.3 Å². The number of thiazole rings is 1. The van der Waals surface area contributed by atoms with Gasteiger partial charge >= 0.3 is 6.18 Å². The fourth-order valence-corrected chi connectivity index (χ4v) is 8.69. The number of anilines is 1. The van der Waals surface area contributed by atoms with E-state index >= 15 is 0 Å². The Bertz CT molecular complexity index is 930. The Morgan fingerprint density at radius 1 is 1.19 bits per heavy atom. The first-order chi connectivity index (χ1) is 15.0. The molecule has 0 bridgehead atoms.